The van der Waals surface area contributed by atoms with Crippen LogP contribution in [0.25, 0.3) is 0 Å². The molecule has 0 aromatic carbocycles. The molecular formula is C10H15F2N3. The Morgan fingerprint density at radius 1 is 1.27 bits per heavy atom. The molecule has 0 atom stereocenters. The summed E-state index contributed by atoms with van der Waals surface area (Å²) < 4.78 is 26.4. The maximum absolute atomic E-state index is 13.2. The fourth-order valence-electron chi connectivity index (χ4n) is 1.13. The van der Waals surface area contributed by atoms with Gasteiger partial charge in [0.05, 0.1) is 0 Å². The molecule has 0 saturated heterocycles. The number of anilines is 2. The van der Waals surface area contributed by atoms with Gasteiger partial charge in [-0.3, -0.25) is 0 Å². The molecule has 0 aliphatic heterocycles. The van der Waals surface area contributed by atoms with Gasteiger partial charge in [-0.25, -0.2) is 13.8 Å². The fourth-order valence-corrected chi connectivity index (χ4v) is 1.13. The van der Waals surface area contributed by atoms with E-state index in [9.17, 15) is 8.78 Å². The van der Waals surface area contributed by atoms with Crippen molar-refractivity contribution >= 4 is 11.6 Å². The Morgan fingerprint density at radius 3 is 2.40 bits per heavy atom. The molecule has 1 rings (SSSR count). The minimum Gasteiger partial charge on any atom is -0.368 e. The number of halogens is 2. The van der Waals surface area contributed by atoms with Crippen LogP contribution < -0.4 is 10.6 Å². The molecule has 84 valence electrons. The first-order valence-electron chi connectivity index (χ1n) is 4.91. The summed E-state index contributed by atoms with van der Waals surface area (Å²) in [6, 6.07) is 0.877. The zero-order valence-corrected chi connectivity index (χ0v) is 9.06. The number of nitrogens with zero attached hydrogens (tertiary/aromatic N) is 1. The average Bonchev–Trinajstić information content (AvgIpc) is 2.12. The molecule has 0 spiro atoms. The maximum Gasteiger partial charge on any atom is 0.168 e. The summed E-state index contributed by atoms with van der Waals surface area (Å²) in [5.41, 5.74) is 0. The summed E-state index contributed by atoms with van der Waals surface area (Å²) in [5, 5.41) is 5.53. The van der Waals surface area contributed by atoms with E-state index in [2.05, 4.69) is 15.6 Å². The second-order valence-electron chi connectivity index (χ2n) is 3.48. The van der Waals surface area contributed by atoms with Crippen LogP contribution in [0.4, 0.5) is 20.4 Å². The summed E-state index contributed by atoms with van der Waals surface area (Å²) in [6.07, 6.45) is 0. The molecule has 2 N–H and O–H groups in total. The van der Waals surface area contributed by atoms with Crippen molar-refractivity contribution in [3.8, 4) is 0 Å². The predicted octanol–water partition coefficient (Wildman–Crippen LogP) is 2.61. The molecule has 5 heteroatoms. The molecule has 1 aromatic rings. The van der Waals surface area contributed by atoms with Crippen molar-refractivity contribution in [2.24, 2.45) is 0 Å². The molecule has 1 heterocycles. The van der Waals surface area contributed by atoms with Gasteiger partial charge in [-0.05, 0) is 20.8 Å². The summed E-state index contributed by atoms with van der Waals surface area (Å²) in [4.78, 5) is 3.83. The Bertz CT molecular complexity index is 340. The molecule has 1 aromatic heterocycles. The van der Waals surface area contributed by atoms with Crippen molar-refractivity contribution < 1.29 is 8.78 Å². The maximum atomic E-state index is 13.2. The molecule has 0 amide bonds. The Balaban J connectivity index is 3.00. The monoisotopic (exact) mass is 215 g/mol. The first kappa shape index (κ1) is 11.7. The van der Waals surface area contributed by atoms with E-state index < -0.39 is 11.6 Å². The Kier molecular flexibility index (Phi) is 3.82. The van der Waals surface area contributed by atoms with Crippen LogP contribution in [-0.4, -0.2) is 17.6 Å². The van der Waals surface area contributed by atoms with Crippen molar-refractivity contribution in [1.82, 2.24) is 4.98 Å². The fraction of sp³-hybridized carbons (Fsp3) is 0.500. The van der Waals surface area contributed by atoms with Crippen LogP contribution in [0.15, 0.2) is 6.07 Å². The minimum absolute atomic E-state index is 0.0481. The number of hydrogen-bond acceptors (Lipinski definition) is 3. The van der Waals surface area contributed by atoms with E-state index in [-0.39, 0.29) is 17.7 Å². The van der Waals surface area contributed by atoms with Crippen LogP contribution >= 0.6 is 0 Å². The molecule has 3 nitrogen and oxygen atoms in total. The Hall–Kier alpha value is -1.39. The van der Waals surface area contributed by atoms with Gasteiger partial charge >= 0.3 is 0 Å². The summed E-state index contributed by atoms with van der Waals surface area (Å²) in [6.45, 7) is 6.07. The normalized spacial score (nSPS) is 10.5. The third-order valence-corrected chi connectivity index (χ3v) is 1.70. The van der Waals surface area contributed by atoms with E-state index in [0.29, 0.717) is 6.54 Å². The lowest BCUT2D eigenvalue weighted by molar-refractivity contribution is 0.576. The standard InChI is InChI=1S/C10H15F2N3/c1-4-13-9-7(11)5-8(12)10(15-9)14-6(2)3/h5-6H,4H2,1-3H3,(H2,13,14,15). The lowest BCUT2D eigenvalue weighted by atomic mass is 10.3. The molecule has 0 unspecified atom stereocenters. The van der Waals surface area contributed by atoms with E-state index in [1.807, 2.05) is 20.8 Å². The van der Waals surface area contributed by atoms with Gasteiger partial charge in [0, 0.05) is 18.7 Å². The highest BCUT2D eigenvalue weighted by atomic mass is 19.1. The van der Waals surface area contributed by atoms with Crippen LogP contribution in [-0.2, 0) is 0 Å². The van der Waals surface area contributed by atoms with Crippen molar-refractivity contribution in [3.63, 3.8) is 0 Å². The smallest absolute Gasteiger partial charge is 0.168 e. The molecular weight excluding hydrogens is 200 g/mol. The number of rotatable bonds is 4. The molecule has 15 heavy (non-hydrogen) atoms. The second-order valence-corrected chi connectivity index (χ2v) is 3.48. The van der Waals surface area contributed by atoms with Crippen LogP contribution in [0.3, 0.4) is 0 Å². The molecule has 0 aliphatic rings. The van der Waals surface area contributed by atoms with Crippen LogP contribution in [0.5, 0.6) is 0 Å². The van der Waals surface area contributed by atoms with Gasteiger partial charge in [0.25, 0.3) is 0 Å². The van der Waals surface area contributed by atoms with Crippen LogP contribution in [0.2, 0.25) is 0 Å². The number of aromatic nitrogens is 1. The van der Waals surface area contributed by atoms with E-state index >= 15 is 0 Å². The zero-order chi connectivity index (χ0) is 11.4. The largest absolute Gasteiger partial charge is 0.368 e. The summed E-state index contributed by atoms with van der Waals surface area (Å²) >= 11 is 0. The van der Waals surface area contributed by atoms with E-state index in [4.69, 9.17) is 0 Å². The molecule has 0 bridgehead atoms. The molecule has 0 radical (unpaired) electrons. The molecule has 0 aliphatic carbocycles. The zero-order valence-electron chi connectivity index (χ0n) is 9.06. The third kappa shape index (κ3) is 3.04. The summed E-state index contributed by atoms with van der Waals surface area (Å²) in [7, 11) is 0. The lowest BCUT2D eigenvalue weighted by Crippen LogP contribution is -2.14. The summed E-state index contributed by atoms with van der Waals surface area (Å²) in [5.74, 6) is -1.21. The van der Waals surface area contributed by atoms with Gasteiger partial charge in [0.1, 0.15) is 0 Å². The average molecular weight is 215 g/mol. The number of nitrogens with one attached hydrogen (secondary N) is 2. The highest BCUT2D eigenvalue weighted by Gasteiger charge is 2.11. The van der Waals surface area contributed by atoms with Crippen molar-refractivity contribution in [3.05, 3.63) is 17.7 Å². The van der Waals surface area contributed by atoms with Gasteiger partial charge in [-0.15, -0.1) is 0 Å². The molecule has 0 fully saturated rings. The van der Waals surface area contributed by atoms with Crippen molar-refractivity contribution in [1.29, 1.82) is 0 Å². The van der Waals surface area contributed by atoms with E-state index in [1.165, 1.54) is 0 Å². The third-order valence-electron chi connectivity index (χ3n) is 1.70. The SMILES string of the molecule is CCNc1nc(NC(C)C)c(F)cc1F. The van der Waals surface area contributed by atoms with E-state index in [1.54, 1.807) is 0 Å². The van der Waals surface area contributed by atoms with Gasteiger partial charge in [-0.2, -0.15) is 0 Å². The van der Waals surface area contributed by atoms with Crippen LogP contribution in [0, 0.1) is 11.6 Å². The van der Waals surface area contributed by atoms with Crippen molar-refractivity contribution in [2.45, 2.75) is 26.8 Å². The van der Waals surface area contributed by atoms with E-state index in [0.717, 1.165) is 6.07 Å². The second kappa shape index (κ2) is 4.91. The minimum atomic E-state index is -0.678. The lowest BCUT2D eigenvalue weighted by Gasteiger charge is -2.12. The molecule has 0 saturated carbocycles. The Morgan fingerprint density at radius 2 is 1.87 bits per heavy atom. The first-order valence-corrected chi connectivity index (χ1v) is 4.91. The highest BCUT2D eigenvalue weighted by Crippen LogP contribution is 2.19. The quantitative estimate of drug-likeness (QED) is 0.810. The Labute approximate surface area is 87.9 Å². The van der Waals surface area contributed by atoms with Gasteiger partial charge < -0.3 is 10.6 Å². The topological polar surface area (TPSA) is 37.0 Å². The van der Waals surface area contributed by atoms with Gasteiger partial charge in [0.15, 0.2) is 23.3 Å². The highest BCUT2D eigenvalue weighted by molar-refractivity contribution is 5.47. The van der Waals surface area contributed by atoms with Gasteiger partial charge in [-0.1, -0.05) is 0 Å². The predicted molar refractivity (Wildman–Crippen MR) is 57.1 cm³/mol. The van der Waals surface area contributed by atoms with Gasteiger partial charge in [0.2, 0.25) is 0 Å². The number of pyridine rings is 1. The van der Waals surface area contributed by atoms with Crippen molar-refractivity contribution in [2.75, 3.05) is 17.2 Å². The van der Waals surface area contributed by atoms with Crippen LogP contribution in [0.1, 0.15) is 20.8 Å². The number of hydrogen-bond donors (Lipinski definition) is 2. The first-order chi connectivity index (χ1) is 7.04.